The molecule has 0 saturated carbocycles. The van der Waals surface area contributed by atoms with Crippen molar-refractivity contribution in [2.24, 2.45) is 11.7 Å². The van der Waals surface area contributed by atoms with Gasteiger partial charge >= 0.3 is 0 Å². The van der Waals surface area contributed by atoms with E-state index in [1.54, 1.807) is 0 Å². The first-order valence-electron chi connectivity index (χ1n) is 6.29. The van der Waals surface area contributed by atoms with Crippen molar-refractivity contribution >= 4 is 5.91 Å². The maximum absolute atomic E-state index is 12.3. The number of ether oxygens (including phenoxy) is 1. The minimum Gasteiger partial charge on any atom is -0.365 e. The second-order valence-corrected chi connectivity index (χ2v) is 5.18. The van der Waals surface area contributed by atoms with Gasteiger partial charge in [0, 0.05) is 19.7 Å². The topological polar surface area (TPSA) is 55.6 Å². The Kier molecular flexibility index (Phi) is 3.50. The lowest BCUT2D eigenvalue weighted by molar-refractivity contribution is -0.152. The molecule has 0 radical (unpaired) electrons. The predicted molar refractivity (Wildman–Crippen MR) is 61.9 cm³/mol. The summed E-state index contributed by atoms with van der Waals surface area (Å²) in [5.74, 6) is 0.644. The van der Waals surface area contributed by atoms with Gasteiger partial charge in [0.15, 0.2) is 0 Å². The van der Waals surface area contributed by atoms with E-state index in [0.717, 1.165) is 45.4 Å². The Morgan fingerprint density at radius 2 is 2.38 bits per heavy atom. The number of hydrogen-bond acceptors (Lipinski definition) is 3. The molecule has 0 aromatic carbocycles. The molecule has 2 aliphatic heterocycles. The van der Waals surface area contributed by atoms with Crippen LogP contribution in [0.1, 0.15) is 32.6 Å². The Labute approximate surface area is 97.1 Å². The molecule has 2 heterocycles. The van der Waals surface area contributed by atoms with Gasteiger partial charge in [0.2, 0.25) is 0 Å². The number of nitrogens with zero attached hydrogens (tertiary/aromatic N) is 1. The fraction of sp³-hybridized carbons (Fsp3) is 0.917. The van der Waals surface area contributed by atoms with E-state index in [1.165, 1.54) is 0 Å². The van der Waals surface area contributed by atoms with Crippen molar-refractivity contribution in [2.75, 3.05) is 26.2 Å². The molecule has 2 atom stereocenters. The highest BCUT2D eigenvalue weighted by Gasteiger charge is 2.41. The molecule has 2 fully saturated rings. The van der Waals surface area contributed by atoms with E-state index in [0.29, 0.717) is 12.5 Å². The Morgan fingerprint density at radius 3 is 3.00 bits per heavy atom. The second kappa shape index (κ2) is 4.72. The monoisotopic (exact) mass is 226 g/mol. The molecule has 0 aromatic heterocycles. The van der Waals surface area contributed by atoms with Crippen LogP contribution in [-0.2, 0) is 9.53 Å². The number of nitrogens with two attached hydrogens (primary N) is 1. The number of amides is 1. The van der Waals surface area contributed by atoms with E-state index in [1.807, 2.05) is 11.8 Å². The Balaban J connectivity index is 1.98. The summed E-state index contributed by atoms with van der Waals surface area (Å²) in [4.78, 5) is 14.3. The lowest BCUT2D eigenvalue weighted by atomic mass is 9.94. The van der Waals surface area contributed by atoms with E-state index in [-0.39, 0.29) is 5.91 Å². The van der Waals surface area contributed by atoms with E-state index in [4.69, 9.17) is 10.5 Å². The maximum atomic E-state index is 12.3. The van der Waals surface area contributed by atoms with Gasteiger partial charge in [-0.2, -0.15) is 0 Å². The summed E-state index contributed by atoms with van der Waals surface area (Å²) < 4.78 is 5.60. The fourth-order valence-electron chi connectivity index (χ4n) is 2.72. The zero-order chi connectivity index (χ0) is 11.6. The van der Waals surface area contributed by atoms with Crippen molar-refractivity contribution in [2.45, 2.75) is 38.2 Å². The van der Waals surface area contributed by atoms with Crippen LogP contribution >= 0.6 is 0 Å². The van der Waals surface area contributed by atoms with Crippen molar-refractivity contribution in [3.63, 3.8) is 0 Å². The van der Waals surface area contributed by atoms with E-state index in [2.05, 4.69) is 0 Å². The van der Waals surface area contributed by atoms with E-state index in [9.17, 15) is 4.79 Å². The third kappa shape index (κ3) is 2.23. The molecule has 0 bridgehead atoms. The van der Waals surface area contributed by atoms with Gasteiger partial charge < -0.3 is 15.4 Å². The molecule has 2 N–H and O–H groups in total. The van der Waals surface area contributed by atoms with Crippen LogP contribution in [0.25, 0.3) is 0 Å². The van der Waals surface area contributed by atoms with Crippen LogP contribution in [0.2, 0.25) is 0 Å². The summed E-state index contributed by atoms with van der Waals surface area (Å²) in [5.41, 5.74) is 5.12. The molecule has 16 heavy (non-hydrogen) atoms. The number of carbonyl (C=O) groups is 1. The van der Waals surface area contributed by atoms with Crippen LogP contribution in [0, 0.1) is 5.92 Å². The summed E-state index contributed by atoms with van der Waals surface area (Å²) in [7, 11) is 0. The summed E-state index contributed by atoms with van der Waals surface area (Å²) in [5, 5.41) is 0. The molecule has 92 valence electrons. The van der Waals surface area contributed by atoms with Crippen LogP contribution in [0.4, 0.5) is 0 Å². The summed E-state index contributed by atoms with van der Waals surface area (Å²) in [6.07, 6.45) is 4.08. The van der Waals surface area contributed by atoms with Crippen LogP contribution in [0.5, 0.6) is 0 Å². The third-order valence-corrected chi connectivity index (χ3v) is 3.81. The average molecular weight is 226 g/mol. The zero-order valence-electron chi connectivity index (χ0n) is 10.1. The number of likely N-dealkylation sites (tertiary alicyclic amines) is 1. The first-order chi connectivity index (χ1) is 7.65. The zero-order valence-corrected chi connectivity index (χ0v) is 10.1. The molecule has 0 aromatic rings. The SMILES string of the molecule is CC1(C(=O)N2CCCC(CN)C2)CCCO1. The predicted octanol–water partition coefficient (Wildman–Crippen LogP) is 0.753. The first kappa shape index (κ1) is 11.9. The fourth-order valence-corrected chi connectivity index (χ4v) is 2.72. The van der Waals surface area contributed by atoms with Gasteiger partial charge in [-0.15, -0.1) is 0 Å². The third-order valence-electron chi connectivity index (χ3n) is 3.81. The molecule has 2 saturated heterocycles. The molecule has 4 heteroatoms. The summed E-state index contributed by atoms with van der Waals surface area (Å²) in [6, 6.07) is 0. The van der Waals surface area contributed by atoms with Crippen LogP contribution in [0.3, 0.4) is 0 Å². The Bertz CT molecular complexity index is 262. The van der Waals surface area contributed by atoms with Gasteiger partial charge in [0.1, 0.15) is 5.60 Å². The van der Waals surface area contributed by atoms with Crippen molar-refractivity contribution in [3.8, 4) is 0 Å². The van der Waals surface area contributed by atoms with Crippen molar-refractivity contribution in [1.29, 1.82) is 0 Å². The summed E-state index contributed by atoms with van der Waals surface area (Å²) in [6.45, 7) is 5.01. The minimum atomic E-state index is -0.559. The van der Waals surface area contributed by atoms with Crippen molar-refractivity contribution < 1.29 is 9.53 Å². The molecule has 0 aliphatic carbocycles. The number of hydrogen-bond donors (Lipinski definition) is 1. The van der Waals surface area contributed by atoms with Crippen LogP contribution in [0.15, 0.2) is 0 Å². The van der Waals surface area contributed by atoms with Crippen LogP contribution in [-0.4, -0.2) is 42.6 Å². The van der Waals surface area contributed by atoms with Gasteiger partial charge in [-0.3, -0.25) is 4.79 Å². The normalized spacial score (nSPS) is 35.4. The largest absolute Gasteiger partial charge is 0.365 e. The molecule has 0 spiro atoms. The molecule has 4 nitrogen and oxygen atoms in total. The van der Waals surface area contributed by atoms with Crippen molar-refractivity contribution in [1.82, 2.24) is 4.90 Å². The molecule has 2 aliphatic rings. The number of piperidine rings is 1. The summed E-state index contributed by atoms with van der Waals surface area (Å²) >= 11 is 0. The van der Waals surface area contributed by atoms with Gasteiger partial charge in [-0.05, 0) is 45.1 Å². The highest BCUT2D eigenvalue weighted by molar-refractivity contribution is 5.85. The van der Waals surface area contributed by atoms with Gasteiger partial charge in [0.05, 0.1) is 0 Å². The second-order valence-electron chi connectivity index (χ2n) is 5.18. The van der Waals surface area contributed by atoms with Gasteiger partial charge in [-0.25, -0.2) is 0 Å². The highest BCUT2D eigenvalue weighted by atomic mass is 16.5. The van der Waals surface area contributed by atoms with E-state index >= 15 is 0 Å². The molecule has 2 unspecified atom stereocenters. The molecular formula is C12H22N2O2. The number of carbonyl (C=O) groups excluding carboxylic acids is 1. The van der Waals surface area contributed by atoms with Crippen molar-refractivity contribution in [3.05, 3.63) is 0 Å². The molecular weight excluding hydrogens is 204 g/mol. The maximum Gasteiger partial charge on any atom is 0.254 e. The van der Waals surface area contributed by atoms with E-state index < -0.39 is 5.60 Å². The average Bonchev–Trinajstić information content (AvgIpc) is 2.76. The van der Waals surface area contributed by atoms with Gasteiger partial charge in [-0.1, -0.05) is 0 Å². The Hall–Kier alpha value is -0.610. The standard InChI is InChI=1S/C12H22N2O2/c1-12(5-3-7-16-12)11(15)14-6-2-4-10(8-13)9-14/h10H,2-9,13H2,1H3. The van der Waals surface area contributed by atoms with Crippen LogP contribution < -0.4 is 5.73 Å². The number of rotatable bonds is 2. The first-order valence-corrected chi connectivity index (χ1v) is 6.29. The minimum absolute atomic E-state index is 0.170. The molecule has 2 rings (SSSR count). The highest BCUT2D eigenvalue weighted by Crippen LogP contribution is 2.29. The quantitative estimate of drug-likeness (QED) is 0.756. The molecule has 1 amide bonds. The smallest absolute Gasteiger partial charge is 0.254 e. The Morgan fingerprint density at radius 1 is 1.56 bits per heavy atom. The lowest BCUT2D eigenvalue weighted by Crippen LogP contribution is -2.51. The van der Waals surface area contributed by atoms with Gasteiger partial charge in [0.25, 0.3) is 5.91 Å². The lowest BCUT2D eigenvalue weighted by Gasteiger charge is -2.36.